The Hall–Kier alpha value is -3.23. The second kappa shape index (κ2) is 8.71. The van der Waals surface area contributed by atoms with Crippen LogP contribution in [-0.2, 0) is 6.42 Å². The van der Waals surface area contributed by atoms with Gasteiger partial charge in [-0.05, 0) is 83.3 Å². The fourth-order valence-corrected chi connectivity index (χ4v) is 7.61. The van der Waals surface area contributed by atoms with Crippen molar-refractivity contribution in [1.29, 1.82) is 0 Å². The van der Waals surface area contributed by atoms with Crippen LogP contribution in [0.3, 0.4) is 0 Å². The smallest absolute Gasteiger partial charge is 0.0727 e. The predicted octanol–water partition coefficient (Wildman–Crippen LogP) is 10.3. The van der Waals surface area contributed by atoms with E-state index in [0.29, 0.717) is 11.8 Å². The molecule has 178 valence electrons. The third kappa shape index (κ3) is 3.62. The van der Waals surface area contributed by atoms with Crippen molar-refractivity contribution in [3.8, 4) is 11.3 Å². The summed E-state index contributed by atoms with van der Waals surface area (Å²) in [6, 6.07) is 29.5. The van der Waals surface area contributed by atoms with E-state index in [1.54, 1.807) is 0 Å². The average Bonchev–Trinajstić information content (AvgIpc) is 3.56. The monoisotopic (exact) mass is 485 g/mol. The number of nitrogens with zero attached hydrogens (tertiary/aromatic N) is 1. The Kier molecular flexibility index (Phi) is 5.32. The predicted molar refractivity (Wildman–Crippen MR) is 157 cm³/mol. The van der Waals surface area contributed by atoms with E-state index >= 15 is 0 Å². The van der Waals surface area contributed by atoms with E-state index in [0.717, 1.165) is 17.6 Å². The maximum absolute atomic E-state index is 5.37. The number of fused-ring (bicyclic) bond motifs is 6. The number of hydrogen-bond acceptors (Lipinski definition) is 2. The molecule has 1 fully saturated rings. The molecule has 6 aromatic rings. The Morgan fingerprint density at radius 1 is 0.833 bits per heavy atom. The summed E-state index contributed by atoms with van der Waals surface area (Å²) in [6.07, 6.45) is 6.32. The Morgan fingerprint density at radius 2 is 1.61 bits per heavy atom. The van der Waals surface area contributed by atoms with Crippen molar-refractivity contribution in [1.82, 2.24) is 4.98 Å². The van der Waals surface area contributed by atoms with Crippen molar-refractivity contribution in [2.24, 2.45) is 5.92 Å². The minimum absolute atomic E-state index is 0.616. The number of pyridine rings is 1. The second-order valence-electron chi connectivity index (χ2n) is 11.0. The summed E-state index contributed by atoms with van der Waals surface area (Å²) in [7, 11) is 0. The van der Waals surface area contributed by atoms with Crippen molar-refractivity contribution in [3.63, 3.8) is 0 Å². The molecular formula is C34H31NS. The summed E-state index contributed by atoms with van der Waals surface area (Å²) < 4.78 is 2.73. The van der Waals surface area contributed by atoms with Crippen LogP contribution in [-0.4, -0.2) is 4.98 Å². The van der Waals surface area contributed by atoms with Gasteiger partial charge in [0.05, 0.1) is 11.2 Å². The Morgan fingerprint density at radius 3 is 2.44 bits per heavy atom. The molecule has 0 saturated heterocycles. The van der Waals surface area contributed by atoms with E-state index in [4.69, 9.17) is 4.98 Å². The summed E-state index contributed by atoms with van der Waals surface area (Å²) in [5.41, 5.74) is 6.50. The number of thiophene rings is 1. The Balaban J connectivity index is 1.55. The van der Waals surface area contributed by atoms with Crippen molar-refractivity contribution >= 4 is 53.2 Å². The highest BCUT2D eigenvalue weighted by atomic mass is 32.1. The van der Waals surface area contributed by atoms with Crippen molar-refractivity contribution in [3.05, 3.63) is 90.0 Å². The molecule has 2 heterocycles. The number of hydrogen-bond donors (Lipinski definition) is 0. The third-order valence-electron chi connectivity index (χ3n) is 7.98. The fourth-order valence-electron chi connectivity index (χ4n) is 6.40. The molecule has 0 aliphatic heterocycles. The fraction of sp³-hybridized carbons (Fsp3) is 0.265. The Bertz CT molecular complexity index is 1750. The summed E-state index contributed by atoms with van der Waals surface area (Å²) in [5.74, 6) is 1.24. The standard InChI is InChI=1S/C34H31NS/c1-21(2)17-22-18-28-26-13-7-8-14-32(26)36-34(28)29(19-22)31-20-27(23-9-3-4-10-23)33-25-12-6-5-11-24(25)15-16-30(33)35-31/h5-8,11-16,18-21,23H,3-4,9-10,17H2,1-2H3. The molecule has 0 N–H and O–H groups in total. The van der Waals surface area contributed by atoms with Gasteiger partial charge in [0.1, 0.15) is 0 Å². The maximum atomic E-state index is 5.37. The van der Waals surface area contributed by atoms with Gasteiger partial charge in [0.15, 0.2) is 0 Å². The van der Waals surface area contributed by atoms with Gasteiger partial charge < -0.3 is 0 Å². The summed E-state index contributed by atoms with van der Waals surface area (Å²) in [5, 5.41) is 6.77. The highest BCUT2D eigenvalue weighted by molar-refractivity contribution is 7.26. The van der Waals surface area contributed by atoms with Gasteiger partial charge in [0.25, 0.3) is 0 Å². The van der Waals surface area contributed by atoms with Crippen LogP contribution in [0.2, 0.25) is 0 Å². The zero-order valence-corrected chi connectivity index (χ0v) is 21.9. The van der Waals surface area contributed by atoms with Crippen molar-refractivity contribution < 1.29 is 0 Å². The van der Waals surface area contributed by atoms with Crippen LogP contribution in [0.4, 0.5) is 0 Å². The molecule has 1 aliphatic carbocycles. The van der Waals surface area contributed by atoms with Crippen molar-refractivity contribution in [2.45, 2.75) is 51.9 Å². The quantitative estimate of drug-likeness (QED) is 0.226. The van der Waals surface area contributed by atoms with Crippen LogP contribution < -0.4 is 0 Å². The first kappa shape index (κ1) is 22.0. The Labute approximate surface area is 216 Å². The largest absolute Gasteiger partial charge is 0.248 e. The number of benzene rings is 4. The minimum Gasteiger partial charge on any atom is -0.248 e. The number of rotatable bonds is 4. The normalized spacial score (nSPS) is 14.8. The average molecular weight is 486 g/mol. The van der Waals surface area contributed by atoms with Gasteiger partial charge >= 0.3 is 0 Å². The highest BCUT2D eigenvalue weighted by Crippen LogP contribution is 2.44. The minimum atomic E-state index is 0.616. The molecule has 0 spiro atoms. The van der Waals surface area contributed by atoms with E-state index in [1.807, 2.05) is 11.3 Å². The molecule has 36 heavy (non-hydrogen) atoms. The molecule has 1 saturated carbocycles. The lowest BCUT2D eigenvalue weighted by molar-refractivity contribution is 0.648. The van der Waals surface area contributed by atoms with E-state index in [9.17, 15) is 0 Å². The van der Waals surface area contributed by atoms with E-state index < -0.39 is 0 Å². The SMILES string of the molecule is CC(C)Cc1cc(-c2cc(C3CCCC3)c3c(ccc4ccccc43)n2)c2sc3ccccc3c2c1. The van der Waals surface area contributed by atoms with Crippen LogP contribution in [0.15, 0.2) is 78.9 Å². The lowest BCUT2D eigenvalue weighted by atomic mass is 9.89. The van der Waals surface area contributed by atoms with Crippen LogP contribution in [0.25, 0.3) is 53.1 Å². The summed E-state index contributed by atoms with van der Waals surface area (Å²) in [4.78, 5) is 5.37. The molecule has 0 amide bonds. The topological polar surface area (TPSA) is 12.9 Å². The molecule has 0 bridgehead atoms. The molecule has 0 atom stereocenters. The van der Waals surface area contributed by atoms with Gasteiger partial charge in [0.2, 0.25) is 0 Å². The first-order valence-corrected chi connectivity index (χ1v) is 14.2. The van der Waals surface area contributed by atoms with Gasteiger partial charge in [-0.1, -0.05) is 75.2 Å². The van der Waals surface area contributed by atoms with Crippen LogP contribution in [0, 0.1) is 5.92 Å². The molecule has 2 heteroatoms. The van der Waals surface area contributed by atoms with E-state index in [2.05, 4.69) is 92.7 Å². The van der Waals surface area contributed by atoms with Gasteiger partial charge in [-0.25, -0.2) is 4.98 Å². The second-order valence-corrected chi connectivity index (χ2v) is 12.0. The molecular weight excluding hydrogens is 454 g/mol. The lowest BCUT2D eigenvalue weighted by Gasteiger charge is -2.18. The van der Waals surface area contributed by atoms with Crippen LogP contribution in [0.5, 0.6) is 0 Å². The molecule has 1 nitrogen and oxygen atoms in total. The maximum Gasteiger partial charge on any atom is 0.0727 e. The van der Waals surface area contributed by atoms with Crippen LogP contribution in [0.1, 0.15) is 56.6 Å². The van der Waals surface area contributed by atoms with Crippen LogP contribution >= 0.6 is 11.3 Å². The van der Waals surface area contributed by atoms with E-state index in [1.165, 1.54) is 78.7 Å². The van der Waals surface area contributed by atoms with Crippen molar-refractivity contribution in [2.75, 3.05) is 0 Å². The molecule has 4 aromatic carbocycles. The zero-order valence-electron chi connectivity index (χ0n) is 21.1. The first-order valence-electron chi connectivity index (χ1n) is 13.4. The molecule has 7 rings (SSSR count). The molecule has 2 aromatic heterocycles. The molecule has 0 radical (unpaired) electrons. The summed E-state index contributed by atoms with van der Waals surface area (Å²) in [6.45, 7) is 4.63. The third-order valence-corrected chi connectivity index (χ3v) is 9.20. The number of aromatic nitrogens is 1. The first-order chi connectivity index (χ1) is 17.7. The van der Waals surface area contributed by atoms with Gasteiger partial charge in [-0.15, -0.1) is 11.3 Å². The highest BCUT2D eigenvalue weighted by Gasteiger charge is 2.23. The van der Waals surface area contributed by atoms with Gasteiger partial charge in [-0.2, -0.15) is 0 Å². The van der Waals surface area contributed by atoms with Gasteiger partial charge in [-0.3, -0.25) is 0 Å². The molecule has 0 unspecified atom stereocenters. The lowest BCUT2D eigenvalue weighted by Crippen LogP contribution is -1.99. The van der Waals surface area contributed by atoms with Gasteiger partial charge in [0, 0.05) is 31.1 Å². The zero-order chi connectivity index (χ0) is 24.2. The molecule has 1 aliphatic rings. The summed E-state index contributed by atoms with van der Waals surface area (Å²) >= 11 is 1.92. The van der Waals surface area contributed by atoms with E-state index in [-0.39, 0.29) is 0 Å².